The van der Waals surface area contributed by atoms with Crippen LogP contribution in [0, 0.1) is 5.92 Å². The molecule has 0 aliphatic rings. The van der Waals surface area contributed by atoms with Gasteiger partial charge in [0.15, 0.2) is 0 Å². The first-order valence-corrected chi connectivity index (χ1v) is 6.05. The summed E-state index contributed by atoms with van der Waals surface area (Å²) in [6.45, 7) is 1.67. The molecule has 0 saturated heterocycles. The van der Waals surface area contributed by atoms with E-state index in [0.29, 0.717) is 17.9 Å². The first-order valence-electron chi connectivity index (χ1n) is 6.05. The van der Waals surface area contributed by atoms with Crippen molar-refractivity contribution in [3.05, 3.63) is 17.7 Å². The van der Waals surface area contributed by atoms with E-state index in [1.54, 1.807) is 21.1 Å². The Morgan fingerprint density at radius 3 is 2.26 bits per heavy atom. The lowest BCUT2D eigenvalue weighted by Gasteiger charge is -2.20. The van der Waals surface area contributed by atoms with Gasteiger partial charge in [-0.2, -0.15) is 0 Å². The predicted molar refractivity (Wildman–Crippen MR) is 74.4 cm³/mol. The molecule has 1 aromatic carbocycles. The van der Waals surface area contributed by atoms with Crippen LogP contribution in [0.2, 0.25) is 0 Å². The number of ether oxygens (including phenoxy) is 2. The number of carboxylic acids is 1. The van der Waals surface area contributed by atoms with Crippen molar-refractivity contribution in [3.8, 4) is 11.5 Å². The Labute approximate surface area is 113 Å². The Bertz CT molecular complexity index is 457. The summed E-state index contributed by atoms with van der Waals surface area (Å²) < 4.78 is 10.7. The first kappa shape index (κ1) is 15.1. The lowest BCUT2D eigenvalue weighted by molar-refractivity contribution is -0.141. The molecule has 0 heterocycles. The number of carbonyl (C=O) groups is 1. The molecule has 5 heteroatoms. The maximum Gasteiger partial charge on any atom is 0.306 e. The summed E-state index contributed by atoms with van der Waals surface area (Å²) in [4.78, 5) is 12.9. The maximum atomic E-state index is 11.0. The van der Waals surface area contributed by atoms with Gasteiger partial charge in [0.1, 0.15) is 11.5 Å². The predicted octanol–water partition coefficient (Wildman–Crippen LogP) is 2.03. The highest BCUT2D eigenvalue weighted by atomic mass is 16.5. The lowest BCUT2D eigenvalue weighted by atomic mass is 9.99. The van der Waals surface area contributed by atoms with E-state index in [9.17, 15) is 4.79 Å². The Balaban J connectivity index is 3.20. The summed E-state index contributed by atoms with van der Waals surface area (Å²) in [5, 5.41) is 9.00. The van der Waals surface area contributed by atoms with Crippen molar-refractivity contribution in [2.45, 2.75) is 13.3 Å². The zero-order valence-corrected chi connectivity index (χ0v) is 12.1. The van der Waals surface area contributed by atoms with Crippen LogP contribution >= 0.6 is 0 Å². The Morgan fingerprint density at radius 2 is 1.84 bits per heavy atom. The molecule has 0 fully saturated rings. The van der Waals surface area contributed by atoms with Gasteiger partial charge in [-0.25, -0.2) is 0 Å². The van der Waals surface area contributed by atoms with Crippen molar-refractivity contribution in [2.24, 2.45) is 5.92 Å². The van der Waals surface area contributed by atoms with Crippen LogP contribution in [0.15, 0.2) is 12.1 Å². The fourth-order valence-electron chi connectivity index (χ4n) is 1.87. The second-order valence-electron chi connectivity index (χ2n) is 4.67. The van der Waals surface area contributed by atoms with E-state index < -0.39 is 11.9 Å². The van der Waals surface area contributed by atoms with Crippen molar-refractivity contribution < 1.29 is 19.4 Å². The molecule has 0 aliphatic carbocycles. The summed E-state index contributed by atoms with van der Waals surface area (Å²) in [5.74, 6) is 0.0949. The van der Waals surface area contributed by atoms with Crippen molar-refractivity contribution in [2.75, 3.05) is 33.2 Å². The standard InChI is InChI=1S/C14H21NO4/c1-9(14(16)17)6-10-7-13(19-5)11(15(2)3)8-12(10)18-4/h7-9H,6H2,1-5H3,(H,16,17). The number of rotatable bonds is 6. The summed E-state index contributed by atoms with van der Waals surface area (Å²) in [6.07, 6.45) is 0.405. The van der Waals surface area contributed by atoms with Gasteiger partial charge in [0.2, 0.25) is 0 Å². The molecule has 106 valence electrons. The first-order chi connectivity index (χ1) is 8.90. The molecule has 0 aromatic heterocycles. The number of aliphatic carboxylic acids is 1. The van der Waals surface area contributed by atoms with Crippen LogP contribution in [0.1, 0.15) is 12.5 Å². The third kappa shape index (κ3) is 3.53. The number of anilines is 1. The number of benzene rings is 1. The van der Waals surface area contributed by atoms with Crippen LogP contribution in [-0.4, -0.2) is 39.4 Å². The van der Waals surface area contributed by atoms with Crippen molar-refractivity contribution in [1.82, 2.24) is 0 Å². The quantitative estimate of drug-likeness (QED) is 0.854. The van der Waals surface area contributed by atoms with E-state index in [2.05, 4.69) is 0 Å². The number of carboxylic acid groups (broad SMARTS) is 1. The highest BCUT2D eigenvalue weighted by Gasteiger charge is 2.18. The van der Waals surface area contributed by atoms with Crippen LogP contribution in [0.25, 0.3) is 0 Å². The summed E-state index contributed by atoms with van der Waals surface area (Å²) in [7, 11) is 7.00. The number of methoxy groups -OCH3 is 2. The molecule has 0 aliphatic heterocycles. The number of hydrogen-bond donors (Lipinski definition) is 1. The van der Waals surface area contributed by atoms with Gasteiger partial charge in [0, 0.05) is 20.2 Å². The maximum absolute atomic E-state index is 11.0. The SMILES string of the molecule is COc1cc(N(C)C)c(OC)cc1CC(C)C(=O)O. The third-order valence-electron chi connectivity index (χ3n) is 3.01. The van der Waals surface area contributed by atoms with Crippen LogP contribution in [0.5, 0.6) is 11.5 Å². The molecule has 0 spiro atoms. The molecule has 1 unspecified atom stereocenters. The van der Waals surface area contributed by atoms with Gasteiger partial charge < -0.3 is 19.5 Å². The molecule has 5 nitrogen and oxygen atoms in total. The van der Waals surface area contributed by atoms with Crippen LogP contribution in [0.4, 0.5) is 5.69 Å². The van der Waals surface area contributed by atoms with Crippen LogP contribution < -0.4 is 14.4 Å². The van der Waals surface area contributed by atoms with Crippen molar-refractivity contribution >= 4 is 11.7 Å². The fraction of sp³-hybridized carbons (Fsp3) is 0.500. The molecular weight excluding hydrogens is 246 g/mol. The van der Waals surface area contributed by atoms with Gasteiger partial charge >= 0.3 is 5.97 Å². The van der Waals surface area contributed by atoms with Gasteiger partial charge in [-0.05, 0) is 18.1 Å². The molecule has 1 rings (SSSR count). The zero-order valence-electron chi connectivity index (χ0n) is 12.1. The molecule has 1 atom stereocenters. The second-order valence-corrected chi connectivity index (χ2v) is 4.67. The Kier molecular flexibility index (Phi) is 5.03. The molecule has 0 radical (unpaired) electrons. The Morgan fingerprint density at radius 1 is 1.26 bits per heavy atom. The molecule has 0 saturated carbocycles. The summed E-state index contributed by atoms with van der Waals surface area (Å²) in [6, 6.07) is 3.70. The van der Waals surface area contributed by atoms with Crippen molar-refractivity contribution in [1.29, 1.82) is 0 Å². The van der Waals surface area contributed by atoms with E-state index in [4.69, 9.17) is 14.6 Å². The minimum Gasteiger partial charge on any atom is -0.496 e. The van der Waals surface area contributed by atoms with E-state index >= 15 is 0 Å². The minimum absolute atomic E-state index is 0.405. The van der Waals surface area contributed by atoms with E-state index in [1.807, 2.05) is 31.1 Å². The van der Waals surface area contributed by atoms with Gasteiger partial charge in [-0.3, -0.25) is 4.79 Å². The molecule has 19 heavy (non-hydrogen) atoms. The smallest absolute Gasteiger partial charge is 0.306 e. The van der Waals surface area contributed by atoms with Gasteiger partial charge in [0.05, 0.1) is 25.8 Å². The highest BCUT2D eigenvalue weighted by molar-refractivity contribution is 5.71. The zero-order chi connectivity index (χ0) is 14.6. The second kappa shape index (κ2) is 6.31. The van der Waals surface area contributed by atoms with Crippen molar-refractivity contribution in [3.63, 3.8) is 0 Å². The lowest BCUT2D eigenvalue weighted by Crippen LogP contribution is -2.14. The van der Waals surface area contributed by atoms with Gasteiger partial charge in [-0.15, -0.1) is 0 Å². The molecule has 0 amide bonds. The molecule has 1 aromatic rings. The summed E-state index contributed by atoms with van der Waals surface area (Å²) >= 11 is 0. The average molecular weight is 267 g/mol. The largest absolute Gasteiger partial charge is 0.496 e. The molecule has 0 bridgehead atoms. The number of nitrogens with zero attached hydrogens (tertiary/aromatic N) is 1. The topological polar surface area (TPSA) is 59.0 Å². The molecular formula is C14H21NO4. The average Bonchev–Trinajstić information content (AvgIpc) is 2.37. The van der Waals surface area contributed by atoms with E-state index in [0.717, 1.165) is 11.3 Å². The van der Waals surface area contributed by atoms with Gasteiger partial charge in [-0.1, -0.05) is 6.92 Å². The van der Waals surface area contributed by atoms with Crippen LogP contribution in [0.3, 0.4) is 0 Å². The third-order valence-corrected chi connectivity index (χ3v) is 3.01. The fourth-order valence-corrected chi connectivity index (χ4v) is 1.87. The summed E-state index contributed by atoms with van der Waals surface area (Å²) in [5.41, 5.74) is 1.73. The normalized spacial score (nSPS) is 11.8. The minimum atomic E-state index is -0.822. The van der Waals surface area contributed by atoms with Gasteiger partial charge in [0.25, 0.3) is 0 Å². The highest BCUT2D eigenvalue weighted by Crippen LogP contribution is 2.35. The Hall–Kier alpha value is -1.91. The monoisotopic (exact) mass is 267 g/mol. The molecule has 1 N–H and O–H groups in total. The van der Waals surface area contributed by atoms with Crippen LogP contribution in [-0.2, 0) is 11.2 Å². The number of hydrogen-bond acceptors (Lipinski definition) is 4. The van der Waals surface area contributed by atoms with E-state index in [-0.39, 0.29) is 0 Å². The van der Waals surface area contributed by atoms with E-state index in [1.165, 1.54) is 0 Å².